The van der Waals surface area contributed by atoms with Gasteiger partial charge in [-0.2, -0.15) is 0 Å². The molecule has 1 fully saturated rings. The van der Waals surface area contributed by atoms with Crippen molar-refractivity contribution >= 4 is 17.4 Å². The van der Waals surface area contributed by atoms with E-state index in [9.17, 15) is 4.79 Å². The molecule has 0 N–H and O–H groups in total. The van der Waals surface area contributed by atoms with Crippen LogP contribution in [0.5, 0.6) is 0 Å². The average molecular weight is 418 g/mol. The number of ether oxygens (including phenoxy) is 1. The molecule has 6 heteroatoms. The monoisotopic (exact) mass is 417 g/mol. The molecule has 0 amide bonds. The van der Waals surface area contributed by atoms with E-state index in [-0.39, 0.29) is 11.8 Å². The van der Waals surface area contributed by atoms with Gasteiger partial charge in [0.25, 0.3) is 0 Å². The topological polar surface area (TPSA) is 37.7 Å². The van der Waals surface area contributed by atoms with Crippen LogP contribution < -0.4 is 0 Å². The number of rotatable bonds is 8. The van der Waals surface area contributed by atoms with E-state index in [1.165, 1.54) is 5.56 Å². The zero-order valence-electron chi connectivity index (χ0n) is 17.9. The molecule has 0 spiro atoms. The number of piperazine rings is 1. The second-order valence-corrected chi connectivity index (χ2v) is 8.50. The quantitative estimate of drug-likeness (QED) is 0.609. The standard InChI is InChI=1S/C23H32ClN3O2/c1-17-13-22(19(3)27(17)18(2)16-29-4)23(28)15-26-11-9-25(10-12-26)14-20-5-7-21(24)8-6-20/h5-8,13,18H,9-12,14-16H2,1-4H3/t18-/m1/s1. The van der Waals surface area contributed by atoms with Crippen molar-refractivity contribution in [3.8, 4) is 0 Å². The Balaban J connectivity index is 1.54. The third-order valence-electron chi connectivity index (χ3n) is 5.78. The van der Waals surface area contributed by atoms with Gasteiger partial charge in [-0.15, -0.1) is 0 Å². The van der Waals surface area contributed by atoms with Crippen LogP contribution in [0.25, 0.3) is 0 Å². The summed E-state index contributed by atoms with van der Waals surface area (Å²) in [4.78, 5) is 17.7. The van der Waals surface area contributed by atoms with Gasteiger partial charge < -0.3 is 9.30 Å². The lowest BCUT2D eigenvalue weighted by Gasteiger charge is -2.34. The molecule has 1 aliphatic heterocycles. The molecule has 3 rings (SSSR count). The molecular formula is C23H32ClN3O2. The minimum atomic E-state index is 0.208. The summed E-state index contributed by atoms with van der Waals surface area (Å²) in [5.74, 6) is 0.208. The average Bonchev–Trinajstić information content (AvgIpc) is 2.99. The van der Waals surface area contributed by atoms with Crippen LogP contribution in [0.4, 0.5) is 0 Å². The first-order chi connectivity index (χ1) is 13.9. The van der Waals surface area contributed by atoms with Gasteiger partial charge in [0.15, 0.2) is 5.78 Å². The van der Waals surface area contributed by atoms with Gasteiger partial charge in [0.2, 0.25) is 0 Å². The molecule has 1 saturated heterocycles. The van der Waals surface area contributed by atoms with E-state index in [1.54, 1.807) is 7.11 Å². The number of nitrogens with zero attached hydrogens (tertiary/aromatic N) is 3. The number of carbonyl (C=O) groups excluding carboxylic acids is 1. The molecule has 1 aliphatic rings. The van der Waals surface area contributed by atoms with Crippen LogP contribution >= 0.6 is 11.6 Å². The molecule has 158 valence electrons. The van der Waals surface area contributed by atoms with Crippen molar-refractivity contribution in [3.05, 3.63) is 57.9 Å². The molecular weight excluding hydrogens is 386 g/mol. The summed E-state index contributed by atoms with van der Waals surface area (Å²) in [5, 5.41) is 0.771. The molecule has 2 heterocycles. The number of aromatic nitrogens is 1. The van der Waals surface area contributed by atoms with Gasteiger partial charge in [0.05, 0.1) is 19.2 Å². The number of ketones is 1. The molecule has 1 aromatic heterocycles. The fourth-order valence-electron chi connectivity index (χ4n) is 4.30. The Morgan fingerprint density at radius 1 is 1.10 bits per heavy atom. The van der Waals surface area contributed by atoms with Crippen LogP contribution in [0.1, 0.15) is 40.3 Å². The number of Topliss-reactive ketones (excluding diaryl/α,β-unsaturated/α-hetero) is 1. The number of aryl methyl sites for hydroxylation is 1. The van der Waals surface area contributed by atoms with Crippen LogP contribution in [0.2, 0.25) is 5.02 Å². The summed E-state index contributed by atoms with van der Waals surface area (Å²) >= 11 is 5.97. The SMILES string of the molecule is COC[C@@H](C)n1c(C)cc(C(=O)CN2CCN(Cc3ccc(Cl)cc3)CC2)c1C. The maximum atomic E-state index is 13.0. The van der Waals surface area contributed by atoms with E-state index < -0.39 is 0 Å². The van der Waals surface area contributed by atoms with E-state index >= 15 is 0 Å². The van der Waals surface area contributed by atoms with E-state index in [1.807, 2.05) is 25.1 Å². The van der Waals surface area contributed by atoms with Crippen LogP contribution in [0, 0.1) is 13.8 Å². The number of halogens is 1. The first-order valence-corrected chi connectivity index (χ1v) is 10.7. The smallest absolute Gasteiger partial charge is 0.178 e. The Morgan fingerprint density at radius 3 is 2.34 bits per heavy atom. The number of benzene rings is 1. The Labute approximate surface area is 179 Å². The lowest BCUT2D eigenvalue weighted by atomic mass is 10.1. The van der Waals surface area contributed by atoms with E-state index in [0.717, 1.165) is 54.7 Å². The Bertz CT molecular complexity index is 823. The lowest BCUT2D eigenvalue weighted by molar-refractivity contribution is 0.0843. The summed E-state index contributed by atoms with van der Waals surface area (Å²) in [7, 11) is 1.71. The molecule has 0 saturated carbocycles. The van der Waals surface area contributed by atoms with Gasteiger partial charge in [0.1, 0.15) is 0 Å². The van der Waals surface area contributed by atoms with Crippen LogP contribution in [0.15, 0.2) is 30.3 Å². The molecule has 0 unspecified atom stereocenters. The van der Waals surface area contributed by atoms with Crippen molar-refractivity contribution < 1.29 is 9.53 Å². The number of methoxy groups -OCH3 is 1. The second-order valence-electron chi connectivity index (χ2n) is 8.06. The van der Waals surface area contributed by atoms with Crippen LogP contribution in [0.3, 0.4) is 0 Å². The highest BCUT2D eigenvalue weighted by molar-refractivity contribution is 6.30. The number of carbonyl (C=O) groups is 1. The van der Waals surface area contributed by atoms with Crippen molar-refractivity contribution in [2.24, 2.45) is 0 Å². The van der Waals surface area contributed by atoms with Crippen molar-refractivity contribution in [1.29, 1.82) is 0 Å². The first-order valence-electron chi connectivity index (χ1n) is 10.3. The van der Waals surface area contributed by atoms with Crippen LogP contribution in [-0.4, -0.2) is 66.6 Å². The molecule has 5 nitrogen and oxygen atoms in total. The molecule has 1 atom stereocenters. The maximum Gasteiger partial charge on any atom is 0.178 e. The first kappa shape index (κ1) is 22.0. The molecule has 1 aromatic carbocycles. The van der Waals surface area contributed by atoms with Crippen molar-refractivity contribution in [2.75, 3.05) is 46.4 Å². The summed E-state index contributed by atoms with van der Waals surface area (Å²) < 4.78 is 7.50. The normalized spacial score (nSPS) is 16.9. The lowest BCUT2D eigenvalue weighted by Crippen LogP contribution is -2.47. The molecule has 0 aliphatic carbocycles. The number of hydrogen-bond donors (Lipinski definition) is 0. The molecule has 0 radical (unpaired) electrons. The third-order valence-corrected chi connectivity index (χ3v) is 6.04. The summed E-state index contributed by atoms with van der Waals surface area (Å²) in [6, 6.07) is 10.3. The molecule has 2 aromatic rings. The van der Waals surface area contributed by atoms with Gasteiger partial charge in [-0.05, 0) is 44.5 Å². The van der Waals surface area contributed by atoms with Gasteiger partial charge in [-0.25, -0.2) is 0 Å². The molecule has 29 heavy (non-hydrogen) atoms. The Kier molecular flexibility index (Phi) is 7.52. The zero-order valence-corrected chi connectivity index (χ0v) is 18.7. The Morgan fingerprint density at radius 2 is 1.72 bits per heavy atom. The number of hydrogen-bond acceptors (Lipinski definition) is 4. The molecule has 0 bridgehead atoms. The highest BCUT2D eigenvalue weighted by Gasteiger charge is 2.23. The van der Waals surface area contributed by atoms with Gasteiger partial charge >= 0.3 is 0 Å². The summed E-state index contributed by atoms with van der Waals surface area (Å²) in [6.45, 7) is 12.0. The van der Waals surface area contributed by atoms with E-state index in [0.29, 0.717) is 13.2 Å². The van der Waals surface area contributed by atoms with Crippen molar-refractivity contribution in [2.45, 2.75) is 33.4 Å². The minimum Gasteiger partial charge on any atom is -0.383 e. The highest BCUT2D eigenvalue weighted by atomic mass is 35.5. The predicted molar refractivity (Wildman–Crippen MR) is 118 cm³/mol. The maximum absolute atomic E-state index is 13.0. The highest BCUT2D eigenvalue weighted by Crippen LogP contribution is 2.22. The second kappa shape index (κ2) is 9.90. The summed E-state index contributed by atoms with van der Waals surface area (Å²) in [6.07, 6.45) is 0. The van der Waals surface area contributed by atoms with Crippen LogP contribution in [-0.2, 0) is 11.3 Å². The fourth-order valence-corrected chi connectivity index (χ4v) is 4.42. The van der Waals surface area contributed by atoms with E-state index in [2.05, 4.69) is 40.3 Å². The largest absolute Gasteiger partial charge is 0.383 e. The third kappa shape index (κ3) is 5.48. The van der Waals surface area contributed by atoms with Gasteiger partial charge in [0, 0.05) is 61.8 Å². The van der Waals surface area contributed by atoms with Crippen molar-refractivity contribution in [3.63, 3.8) is 0 Å². The van der Waals surface area contributed by atoms with Gasteiger partial charge in [-0.3, -0.25) is 14.6 Å². The van der Waals surface area contributed by atoms with Crippen molar-refractivity contribution in [1.82, 2.24) is 14.4 Å². The predicted octanol–water partition coefficient (Wildman–Crippen LogP) is 3.97. The van der Waals surface area contributed by atoms with Gasteiger partial charge in [-0.1, -0.05) is 23.7 Å². The summed E-state index contributed by atoms with van der Waals surface area (Å²) in [5.41, 5.74) is 4.27. The van der Waals surface area contributed by atoms with E-state index in [4.69, 9.17) is 16.3 Å². The minimum absolute atomic E-state index is 0.208. The fraction of sp³-hybridized carbons (Fsp3) is 0.522. The Hall–Kier alpha value is -1.66. The zero-order chi connectivity index (χ0) is 21.0.